The van der Waals surface area contributed by atoms with Crippen molar-refractivity contribution in [3.05, 3.63) is 52.4 Å². The van der Waals surface area contributed by atoms with Crippen molar-refractivity contribution in [2.24, 2.45) is 0 Å². The summed E-state index contributed by atoms with van der Waals surface area (Å²) in [4.78, 5) is 4.20. The number of pyridine rings is 1. The molecule has 0 saturated carbocycles. The summed E-state index contributed by atoms with van der Waals surface area (Å²) in [5, 5.41) is 3.38. The summed E-state index contributed by atoms with van der Waals surface area (Å²) >= 11 is 3.28. The van der Waals surface area contributed by atoms with Crippen molar-refractivity contribution in [2.45, 2.75) is 32.9 Å². The summed E-state index contributed by atoms with van der Waals surface area (Å²) in [6, 6.07) is 8.20. The number of hydrogen-bond acceptors (Lipinski definition) is 3. The van der Waals surface area contributed by atoms with E-state index in [1.807, 2.05) is 6.07 Å². The van der Waals surface area contributed by atoms with Gasteiger partial charge in [0.25, 0.3) is 0 Å². The van der Waals surface area contributed by atoms with Crippen molar-refractivity contribution in [3.63, 3.8) is 0 Å². The zero-order chi connectivity index (χ0) is 15.5. The highest BCUT2D eigenvalue weighted by Crippen LogP contribution is 2.26. The Morgan fingerprint density at radius 1 is 1.24 bits per heavy atom. The van der Waals surface area contributed by atoms with Gasteiger partial charge in [-0.15, -0.1) is 0 Å². The minimum absolute atomic E-state index is 0.0502. The molecule has 0 bridgehead atoms. The molecule has 1 aromatic carbocycles. The molecule has 0 fully saturated rings. The Labute approximate surface area is 132 Å². The van der Waals surface area contributed by atoms with Crippen LogP contribution < -0.4 is 10.1 Å². The monoisotopic (exact) mass is 352 g/mol. The van der Waals surface area contributed by atoms with E-state index in [1.54, 1.807) is 24.4 Å². The Kier molecular flexibility index (Phi) is 4.96. The number of benzene rings is 1. The van der Waals surface area contributed by atoms with E-state index in [9.17, 15) is 4.39 Å². The third kappa shape index (κ3) is 5.10. The molecule has 21 heavy (non-hydrogen) atoms. The highest BCUT2D eigenvalue weighted by Gasteiger charge is 2.09. The molecule has 0 amide bonds. The van der Waals surface area contributed by atoms with Crippen LogP contribution in [-0.4, -0.2) is 10.5 Å². The molecule has 0 saturated heterocycles. The highest BCUT2D eigenvalue weighted by atomic mass is 79.9. The topological polar surface area (TPSA) is 34.1 Å². The third-order valence-corrected chi connectivity index (χ3v) is 3.22. The Bertz CT molecular complexity index is 609. The predicted octanol–water partition coefficient (Wildman–Crippen LogP) is 4.66. The van der Waals surface area contributed by atoms with Crippen LogP contribution in [0.15, 0.2) is 41.0 Å². The van der Waals surface area contributed by atoms with Crippen LogP contribution in [-0.2, 0) is 6.54 Å². The first kappa shape index (κ1) is 15.9. The summed E-state index contributed by atoms with van der Waals surface area (Å²) < 4.78 is 19.8. The van der Waals surface area contributed by atoms with Gasteiger partial charge in [-0.05, 0) is 44.5 Å². The molecular formula is C16H18BrFN2O. The maximum Gasteiger partial charge on any atom is 0.219 e. The molecule has 2 aromatic rings. The summed E-state index contributed by atoms with van der Waals surface area (Å²) in [5.41, 5.74) is 1.10. The van der Waals surface area contributed by atoms with Gasteiger partial charge in [0.2, 0.25) is 5.88 Å². The van der Waals surface area contributed by atoms with Crippen molar-refractivity contribution in [1.82, 2.24) is 10.3 Å². The van der Waals surface area contributed by atoms with Crippen LogP contribution in [0.3, 0.4) is 0 Å². The number of aromatic nitrogens is 1. The van der Waals surface area contributed by atoms with Crippen LogP contribution in [0.25, 0.3) is 0 Å². The van der Waals surface area contributed by atoms with E-state index in [-0.39, 0.29) is 11.3 Å². The van der Waals surface area contributed by atoms with E-state index in [1.165, 1.54) is 6.07 Å². The molecule has 0 radical (unpaired) electrons. The van der Waals surface area contributed by atoms with Gasteiger partial charge >= 0.3 is 0 Å². The van der Waals surface area contributed by atoms with Crippen LogP contribution in [0.1, 0.15) is 26.3 Å². The predicted molar refractivity (Wildman–Crippen MR) is 85.0 cm³/mol. The Morgan fingerprint density at radius 3 is 2.62 bits per heavy atom. The van der Waals surface area contributed by atoms with Gasteiger partial charge in [-0.25, -0.2) is 9.37 Å². The maximum absolute atomic E-state index is 13.6. The molecule has 1 N–H and O–H groups in total. The van der Waals surface area contributed by atoms with Crippen molar-refractivity contribution >= 4 is 15.9 Å². The van der Waals surface area contributed by atoms with E-state index >= 15 is 0 Å². The number of rotatable bonds is 4. The van der Waals surface area contributed by atoms with Crippen LogP contribution in [0.2, 0.25) is 0 Å². The van der Waals surface area contributed by atoms with Crippen LogP contribution in [0, 0.1) is 5.82 Å². The van der Waals surface area contributed by atoms with Gasteiger partial charge in [0.1, 0.15) is 0 Å². The molecule has 3 nitrogen and oxygen atoms in total. The van der Waals surface area contributed by atoms with Gasteiger partial charge in [-0.1, -0.05) is 22.0 Å². The summed E-state index contributed by atoms with van der Waals surface area (Å²) in [6.07, 6.45) is 1.73. The van der Waals surface area contributed by atoms with Gasteiger partial charge in [0.15, 0.2) is 11.6 Å². The van der Waals surface area contributed by atoms with Gasteiger partial charge in [0.05, 0.1) is 0 Å². The molecule has 0 aliphatic carbocycles. The zero-order valence-corrected chi connectivity index (χ0v) is 13.9. The van der Waals surface area contributed by atoms with Crippen LogP contribution >= 0.6 is 15.9 Å². The second-order valence-electron chi connectivity index (χ2n) is 5.79. The molecule has 112 valence electrons. The number of hydrogen-bond donors (Lipinski definition) is 1. The number of halogens is 2. The van der Waals surface area contributed by atoms with Crippen molar-refractivity contribution in [1.29, 1.82) is 0 Å². The Morgan fingerprint density at radius 2 is 2.00 bits per heavy atom. The quantitative estimate of drug-likeness (QED) is 0.868. The number of nitrogens with one attached hydrogen (secondary N) is 1. The second-order valence-corrected chi connectivity index (χ2v) is 6.70. The van der Waals surface area contributed by atoms with Crippen molar-refractivity contribution in [2.75, 3.05) is 0 Å². The normalized spacial score (nSPS) is 11.5. The fourth-order valence-electron chi connectivity index (χ4n) is 1.61. The average molecular weight is 353 g/mol. The first-order chi connectivity index (χ1) is 9.83. The molecule has 1 heterocycles. The lowest BCUT2D eigenvalue weighted by Crippen LogP contribution is -2.35. The van der Waals surface area contributed by atoms with E-state index in [4.69, 9.17) is 4.74 Å². The SMILES string of the molecule is CC(C)(C)NCc1ccc(Oc2cc(Br)ccc2F)nc1. The van der Waals surface area contributed by atoms with Crippen LogP contribution in [0.4, 0.5) is 4.39 Å². The largest absolute Gasteiger partial charge is 0.436 e. The summed E-state index contributed by atoms with van der Waals surface area (Å²) in [7, 11) is 0. The molecule has 0 unspecified atom stereocenters. The minimum Gasteiger partial charge on any atom is -0.436 e. The molecular weight excluding hydrogens is 335 g/mol. The molecule has 0 aliphatic heterocycles. The fourth-order valence-corrected chi connectivity index (χ4v) is 1.95. The first-order valence-electron chi connectivity index (χ1n) is 6.66. The Hall–Kier alpha value is -1.46. The standard InChI is InChI=1S/C16H18BrFN2O/c1-16(2,3)20-10-11-4-7-15(19-9-11)21-14-8-12(17)5-6-13(14)18/h4-9,20H,10H2,1-3H3. The lowest BCUT2D eigenvalue weighted by Gasteiger charge is -2.20. The van der Waals surface area contributed by atoms with E-state index < -0.39 is 5.82 Å². The van der Waals surface area contributed by atoms with Crippen LogP contribution in [0.5, 0.6) is 11.6 Å². The molecule has 0 aliphatic rings. The van der Waals surface area contributed by atoms with Crippen molar-refractivity contribution in [3.8, 4) is 11.6 Å². The summed E-state index contributed by atoms with van der Waals surface area (Å²) in [5.74, 6) is 0.0995. The van der Waals surface area contributed by atoms with Gasteiger partial charge < -0.3 is 10.1 Å². The third-order valence-electron chi connectivity index (χ3n) is 2.73. The average Bonchev–Trinajstić information content (AvgIpc) is 2.41. The number of nitrogens with zero attached hydrogens (tertiary/aromatic N) is 1. The van der Waals surface area contributed by atoms with E-state index in [0.717, 1.165) is 16.6 Å². The fraction of sp³-hybridized carbons (Fsp3) is 0.312. The van der Waals surface area contributed by atoms with E-state index in [2.05, 4.69) is 47.0 Å². The van der Waals surface area contributed by atoms with Gasteiger partial charge in [0, 0.05) is 28.8 Å². The van der Waals surface area contributed by atoms with Crippen molar-refractivity contribution < 1.29 is 9.13 Å². The first-order valence-corrected chi connectivity index (χ1v) is 7.46. The van der Waals surface area contributed by atoms with Gasteiger partial charge in [-0.2, -0.15) is 0 Å². The van der Waals surface area contributed by atoms with Gasteiger partial charge in [-0.3, -0.25) is 0 Å². The molecule has 1 aromatic heterocycles. The minimum atomic E-state index is -0.418. The molecule has 0 spiro atoms. The zero-order valence-electron chi connectivity index (χ0n) is 12.3. The second kappa shape index (κ2) is 6.54. The summed E-state index contributed by atoms with van der Waals surface area (Å²) in [6.45, 7) is 7.04. The maximum atomic E-state index is 13.6. The lowest BCUT2D eigenvalue weighted by atomic mass is 10.1. The van der Waals surface area contributed by atoms with E-state index in [0.29, 0.717) is 5.88 Å². The molecule has 0 atom stereocenters. The Balaban J connectivity index is 2.04. The lowest BCUT2D eigenvalue weighted by molar-refractivity contribution is 0.419. The highest BCUT2D eigenvalue weighted by molar-refractivity contribution is 9.10. The molecule has 5 heteroatoms. The smallest absolute Gasteiger partial charge is 0.219 e. The number of ether oxygens (including phenoxy) is 1. The molecule has 2 rings (SSSR count).